The number of nitrogens with zero attached hydrogens (tertiary/aromatic N) is 1. The van der Waals surface area contributed by atoms with Crippen LogP contribution in [0.5, 0.6) is 0 Å². The number of fused-ring (bicyclic) bond motifs is 1. The minimum atomic E-state index is 0.235. The molecule has 0 saturated heterocycles. The highest BCUT2D eigenvalue weighted by molar-refractivity contribution is 9.09. The molecule has 3 rings (SSSR count). The fraction of sp³-hybridized carbons (Fsp3) is 0.438. The lowest BCUT2D eigenvalue weighted by Crippen LogP contribution is -2.35. The molecule has 1 atom stereocenters. The number of alkyl halides is 1. The third-order valence-corrected chi connectivity index (χ3v) is 6.14. The largest absolute Gasteiger partial charge is 0.247 e. The Morgan fingerprint density at radius 1 is 1.37 bits per heavy atom. The van der Waals surface area contributed by atoms with E-state index in [9.17, 15) is 0 Å². The molecule has 0 fully saturated rings. The first-order chi connectivity index (χ1) is 9.23. The first-order valence-corrected chi connectivity index (χ1v) is 8.79. The molecule has 0 amide bonds. The predicted octanol–water partition coefficient (Wildman–Crippen LogP) is 4.66. The second kappa shape index (κ2) is 5.37. The summed E-state index contributed by atoms with van der Waals surface area (Å²) in [6, 6.07) is 8.95. The third kappa shape index (κ3) is 2.50. The number of rotatable bonds is 3. The molecule has 1 aliphatic rings. The first kappa shape index (κ1) is 13.3. The Bertz CT molecular complexity index is 578. The lowest BCUT2D eigenvalue weighted by Gasteiger charge is -2.37. The van der Waals surface area contributed by atoms with Crippen LogP contribution in [0.4, 0.5) is 0 Å². The van der Waals surface area contributed by atoms with E-state index in [0.29, 0.717) is 0 Å². The van der Waals surface area contributed by atoms with Gasteiger partial charge in [-0.05, 0) is 37.3 Å². The maximum absolute atomic E-state index is 4.67. The highest BCUT2D eigenvalue weighted by Gasteiger charge is 2.36. The standard InChI is InChI=1S/C16H18BrNS/c1-12-10-19-15(18-12)9-16(11-17)8-4-6-13-5-2-3-7-14(13)16/h2-3,5,7,10H,4,6,8-9,11H2,1H3. The maximum atomic E-state index is 4.67. The zero-order valence-corrected chi connectivity index (χ0v) is 13.6. The summed E-state index contributed by atoms with van der Waals surface area (Å²) in [6.07, 6.45) is 4.83. The monoisotopic (exact) mass is 335 g/mol. The smallest absolute Gasteiger partial charge is 0.0937 e. The lowest BCUT2D eigenvalue weighted by molar-refractivity contribution is 0.400. The molecule has 1 aromatic heterocycles. The SMILES string of the molecule is Cc1csc(CC2(CBr)CCCc3ccccc32)n1. The van der Waals surface area contributed by atoms with Crippen molar-refractivity contribution in [3.63, 3.8) is 0 Å². The number of hydrogen-bond donors (Lipinski definition) is 0. The molecule has 100 valence electrons. The Morgan fingerprint density at radius 2 is 2.21 bits per heavy atom. The maximum Gasteiger partial charge on any atom is 0.0937 e. The van der Waals surface area contributed by atoms with Crippen molar-refractivity contribution in [1.29, 1.82) is 0 Å². The van der Waals surface area contributed by atoms with Crippen molar-refractivity contribution in [2.45, 2.75) is 38.0 Å². The molecule has 0 bridgehead atoms. The van der Waals surface area contributed by atoms with Gasteiger partial charge in [-0.25, -0.2) is 4.98 Å². The zero-order valence-electron chi connectivity index (χ0n) is 11.2. The van der Waals surface area contributed by atoms with Crippen molar-refractivity contribution in [1.82, 2.24) is 4.98 Å². The number of hydrogen-bond acceptors (Lipinski definition) is 2. The van der Waals surface area contributed by atoms with E-state index in [1.165, 1.54) is 35.4 Å². The molecule has 0 aliphatic heterocycles. The van der Waals surface area contributed by atoms with E-state index < -0.39 is 0 Å². The Balaban J connectivity index is 2.00. The third-order valence-electron chi connectivity index (χ3n) is 4.10. The van der Waals surface area contributed by atoms with Crippen molar-refractivity contribution in [3.8, 4) is 0 Å². The Labute approximate surface area is 127 Å². The van der Waals surface area contributed by atoms with Gasteiger partial charge in [-0.1, -0.05) is 40.2 Å². The van der Waals surface area contributed by atoms with Crippen LogP contribution in [0.25, 0.3) is 0 Å². The predicted molar refractivity (Wildman–Crippen MR) is 85.4 cm³/mol. The van der Waals surface area contributed by atoms with Gasteiger partial charge in [0.15, 0.2) is 0 Å². The molecule has 19 heavy (non-hydrogen) atoms. The second-order valence-corrected chi connectivity index (χ2v) is 6.99. The van der Waals surface area contributed by atoms with Crippen LogP contribution in [-0.2, 0) is 18.3 Å². The number of benzene rings is 1. The number of aromatic nitrogens is 1. The molecule has 0 spiro atoms. The molecule has 1 unspecified atom stereocenters. The van der Waals surface area contributed by atoms with Crippen molar-refractivity contribution >= 4 is 27.3 Å². The Hall–Kier alpha value is -0.670. The topological polar surface area (TPSA) is 12.9 Å². The van der Waals surface area contributed by atoms with Crippen LogP contribution in [0.1, 0.15) is 34.7 Å². The molecule has 0 saturated carbocycles. The first-order valence-electron chi connectivity index (χ1n) is 6.79. The molecular formula is C16H18BrNS. The van der Waals surface area contributed by atoms with Gasteiger partial charge in [-0.2, -0.15) is 0 Å². The summed E-state index contributed by atoms with van der Waals surface area (Å²) in [6.45, 7) is 2.08. The second-order valence-electron chi connectivity index (χ2n) is 5.48. The van der Waals surface area contributed by atoms with Gasteiger partial charge in [0.05, 0.1) is 5.01 Å². The fourth-order valence-electron chi connectivity index (χ4n) is 3.15. The van der Waals surface area contributed by atoms with Gasteiger partial charge in [0.2, 0.25) is 0 Å². The average molecular weight is 336 g/mol. The van der Waals surface area contributed by atoms with Crippen LogP contribution < -0.4 is 0 Å². The normalized spacial score (nSPS) is 22.2. The zero-order chi connectivity index (χ0) is 13.3. The van der Waals surface area contributed by atoms with Gasteiger partial charge in [-0.15, -0.1) is 11.3 Å². The highest BCUT2D eigenvalue weighted by atomic mass is 79.9. The molecule has 2 aromatic rings. The van der Waals surface area contributed by atoms with Crippen molar-refractivity contribution < 1.29 is 0 Å². The van der Waals surface area contributed by atoms with Gasteiger partial charge in [0, 0.05) is 28.2 Å². The number of thiazole rings is 1. The summed E-state index contributed by atoms with van der Waals surface area (Å²) in [4.78, 5) is 4.67. The fourth-order valence-corrected chi connectivity index (χ4v) is 4.85. The van der Waals surface area contributed by atoms with Gasteiger partial charge in [0.25, 0.3) is 0 Å². The lowest BCUT2D eigenvalue weighted by atomic mass is 9.69. The van der Waals surface area contributed by atoms with Crippen molar-refractivity contribution in [2.24, 2.45) is 0 Å². The molecule has 1 aromatic carbocycles. The summed E-state index contributed by atoms with van der Waals surface area (Å²) in [5.41, 5.74) is 4.44. The van der Waals surface area contributed by atoms with E-state index in [1.807, 2.05) is 0 Å². The minimum absolute atomic E-state index is 0.235. The van der Waals surface area contributed by atoms with Gasteiger partial charge in [0.1, 0.15) is 0 Å². The van der Waals surface area contributed by atoms with E-state index >= 15 is 0 Å². The van der Waals surface area contributed by atoms with Crippen LogP contribution in [-0.4, -0.2) is 10.3 Å². The van der Waals surface area contributed by atoms with Crippen molar-refractivity contribution in [3.05, 3.63) is 51.5 Å². The van der Waals surface area contributed by atoms with E-state index in [4.69, 9.17) is 0 Å². The van der Waals surface area contributed by atoms with Gasteiger partial charge in [-0.3, -0.25) is 0 Å². The molecule has 0 radical (unpaired) electrons. The molecule has 1 heterocycles. The molecule has 1 nitrogen and oxygen atoms in total. The summed E-state index contributed by atoms with van der Waals surface area (Å²) in [7, 11) is 0. The van der Waals surface area contributed by atoms with Gasteiger partial charge < -0.3 is 0 Å². The van der Waals surface area contributed by atoms with E-state index in [1.54, 1.807) is 11.3 Å². The quantitative estimate of drug-likeness (QED) is 0.743. The molecule has 3 heteroatoms. The van der Waals surface area contributed by atoms with Crippen molar-refractivity contribution in [2.75, 3.05) is 5.33 Å². The van der Waals surface area contributed by atoms with Crippen LogP contribution in [0.15, 0.2) is 29.6 Å². The number of aryl methyl sites for hydroxylation is 2. The molecular weight excluding hydrogens is 318 g/mol. The Kier molecular flexibility index (Phi) is 3.77. The van der Waals surface area contributed by atoms with E-state index in [2.05, 4.69) is 57.5 Å². The summed E-state index contributed by atoms with van der Waals surface area (Å²) >= 11 is 5.58. The molecule has 1 aliphatic carbocycles. The van der Waals surface area contributed by atoms with Crippen LogP contribution >= 0.6 is 27.3 Å². The summed E-state index contributed by atoms with van der Waals surface area (Å²) < 4.78 is 0. The van der Waals surface area contributed by atoms with E-state index in [0.717, 1.165) is 17.4 Å². The summed E-state index contributed by atoms with van der Waals surface area (Å²) in [5, 5.41) is 4.45. The minimum Gasteiger partial charge on any atom is -0.247 e. The van der Waals surface area contributed by atoms with Gasteiger partial charge >= 0.3 is 0 Å². The Morgan fingerprint density at radius 3 is 2.95 bits per heavy atom. The molecule has 0 N–H and O–H groups in total. The van der Waals surface area contributed by atoms with Crippen LogP contribution in [0.2, 0.25) is 0 Å². The highest BCUT2D eigenvalue weighted by Crippen LogP contribution is 2.41. The average Bonchev–Trinajstić information content (AvgIpc) is 2.84. The number of halogens is 1. The van der Waals surface area contributed by atoms with Crippen LogP contribution in [0.3, 0.4) is 0 Å². The summed E-state index contributed by atoms with van der Waals surface area (Å²) in [5.74, 6) is 0. The van der Waals surface area contributed by atoms with Crippen LogP contribution in [0, 0.1) is 6.92 Å². The van der Waals surface area contributed by atoms with E-state index in [-0.39, 0.29) is 5.41 Å².